The van der Waals surface area contributed by atoms with Crippen molar-refractivity contribution in [2.45, 2.75) is 26.7 Å². The third-order valence-corrected chi connectivity index (χ3v) is 4.28. The second-order valence-electron chi connectivity index (χ2n) is 5.78. The molecule has 4 nitrogen and oxygen atoms in total. The van der Waals surface area contributed by atoms with Crippen molar-refractivity contribution in [3.05, 3.63) is 63.5 Å². The predicted octanol–water partition coefficient (Wildman–Crippen LogP) is 5.13. The first-order valence-corrected chi connectivity index (χ1v) is 8.42. The van der Waals surface area contributed by atoms with Crippen LogP contribution in [0.2, 0.25) is 5.02 Å². The summed E-state index contributed by atoms with van der Waals surface area (Å²) in [7, 11) is 0. The van der Waals surface area contributed by atoms with Gasteiger partial charge in [0.05, 0.1) is 0 Å². The zero-order chi connectivity index (χ0) is 18.0. The molecule has 0 saturated carbocycles. The minimum absolute atomic E-state index is 0.0844. The summed E-state index contributed by atoms with van der Waals surface area (Å²) in [5.41, 5.74) is 1.80. The molecule has 0 aliphatic heterocycles. The molecule has 5 heteroatoms. The molecule has 0 N–H and O–H groups in total. The molecule has 1 aromatic heterocycles. The maximum atomic E-state index is 12.5. The monoisotopic (exact) mass is 356 g/mol. The predicted molar refractivity (Wildman–Crippen MR) is 98.2 cm³/mol. The first-order chi connectivity index (χ1) is 12.0. The fourth-order valence-electron chi connectivity index (χ4n) is 2.67. The number of hydrogen-bond acceptors (Lipinski definition) is 4. The van der Waals surface area contributed by atoms with Gasteiger partial charge < -0.3 is 9.15 Å². The van der Waals surface area contributed by atoms with Crippen LogP contribution in [0.4, 0.5) is 0 Å². The van der Waals surface area contributed by atoms with Gasteiger partial charge in [0.25, 0.3) is 0 Å². The third-order valence-electron chi connectivity index (χ3n) is 3.88. The van der Waals surface area contributed by atoms with Gasteiger partial charge in [0, 0.05) is 28.5 Å². The van der Waals surface area contributed by atoms with Crippen LogP contribution in [0.15, 0.2) is 51.7 Å². The minimum Gasteiger partial charge on any atom is -0.420 e. The van der Waals surface area contributed by atoms with E-state index in [1.54, 1.807) is 6.07 Å². The lowest BCUT2D eigenvalue weighted by Crippen LogP contribution is -2.15. The first kappa shape index (κ1) is 17.2. The molecule has 0 fully saturated rings. The average Bonchev–Trinajstić information content (AvgIpc) is 2.58. The highest BCUT2D eigenvalue weighted by atomic mass is 35.5. The summed E-state index contributed by atoms with van der Waals surface area (Å²) in [5, 5.41) is 1.18. The Balaban J connectivity index is 2.34. The summed E-state index contributed by atoms with van der Waals surface area (Å²) in [4.78, 5) is 24.5. The molecule has 128 valence electrons. The summed E-state index contributed by atoms with van der Waals surface area (Å²) >= 11 is 6.16. The Hall–Kier alpha value is -2.59. The van der Waals surface area contributed by atoms with E-state index in [9.17, 15) is 9.59 Å². The second-order valence-corrected chi connectivity index (χ2v) is 6.19. The quantitative estimate of drug-likeness (QED) is 0.480. The molecule has 3 aromatic rings. The molecule has 0 atom stereocenters. The zero-order valence-electron chi connectivity index (χ0n) is 14.0. The van der Waals surface area contributed by atoms with Gasteiger partial charge in [-0.05, 0) is 30.5 Å². The molecule has 0 aliphatic rings. The SMILES string of the molecule is CCCC(=O)Oc1c(-c2ccccc2)c2cc(C)c(Cl)cc2oc1=O. The number of hydrogen-bond donors (Lipinski definition) is 0. The minimum atomic E-state index is -0.698. The number of carbonyl (C=O) groups excluding carboxylic acids is 1. The second kappa shape index (κ2) is 7.11. The number of benzene rings is 2. The van der Waals surface area contributed by atoms with Crippen LogP contribution in [0.1, 0.15) is 25.3 Å². The molecule has 0 aliphatic carbocycles. The van der Waals surface area contributed by atoms with E-state index >= 15 is 0 Å². The lowest BCUT2D eigenvalue weighted by Gasteiger charge is -2.13. The van der Waals surface area contributed by atoms with Crippen molar-refractivity contribution in [1.29, 1.82) is 0 Å². The number of halogens is 1. The fraction of sp³-hybridized carbons (Fsp3) is 0.200. The molecule has 0 saturated heterocycles. The highest BCUT2D eigenvalue weighted by Gasteiger charge is 2.21. The molecule has 0 spiro atoms. The topological polar surface area (TPSA) is 56.5 Å². The molecule has 0 amide bonds. The number of carbonyl (C=O) groups is 1. The Labute approximate surface area is 150 Å². The van der Waals surface area contributed by atoms with Crippen LogP contribution in [0.25, 0.3) is 22.1 Å². The van der Waals surface area contributed by atoms with Crippen LogP contribution < -0.4 is 10.4 Å². The summed E-state index contributed by atoms with van der Waals surface area (Å²) < 4.78 is 10.7. The van der Waals surface area contributed by atoms with E-state index in [1.807, 2.05) is 50.2 Å². The highest BCUT2D eigenvalue weighted by molar-refractivity contribution is 6.32. The summed E-state index contributed by atoms with van der Waals surface area (Å²) in [6, 6.07) is 12.7. The van der Waals surface area contributed by atoms with Gasteiger partial charge in [-0.1, -0.05) is 48.9 Å². The van der Waals surface area contributed by atoms with Gasteiger partial charge in [-0.3, -0.25) is 4.79 Å². The van der Waals surface area contributed by atoms with Crippen molar-refractivity contribution in [3.8, 4) is 16.9 Å². The summed E-state index contributed by atoms with van der Waals surface area (Å²) in [6.07, 6.45) is 0.860. The van der Waals surface area contributed by atoms with Crippen LogP contribution in [0.5, 0.6) is 5.75 Å². The van der Waals surface area contributed by atoms with E-state index in [0.29, 0.717) is 28.0 Å². The maximum absolute atomic E-state index is 12.5. The van der Waals surface area contributed by atoms with Crippen LogP contribution in [0.3, 0.4) is 0 Å². The van der Waals surface area contributed by atoms with Gasteiger partial charge in [0.15, 0.2) is 0 Å². The van der Waals surface area contributed by atoms with Gasteiger partial charge >= 0.3 is 11.6 Å². The van der Waals surface area contributed by atoms with Crippen LogP contribution in [0, 0.1) is 6.92 Å². The molecule has 25 heavy (non-hydrogen) atoms. The fourth-order valence-corrected chi connectivity index (χ4v) is 2.82. The van der Waals surface area contributed by atoms with Gasteiger partial charge in [0.2, 0.25) is 5.75 Å². The van der Waals surface area contributed by atoms with Crippen LogP contribution in [-0.4, -0.2) is 5.97 Å². The van der Waals surface area contributed by atoms with E-state index in [-0.39, 0.29) is 12.2 Å². The highest BCUT2D eigenvalue weighted by Crippen LogP contribution is 2.36. The molecular weight excluding hydrogens is 340 g/mol. The molecule has 0 bridgehead atoms. The van der Waals surface area contributed by atoms with Crippen LogP contribution >= 0.6 is 11.6 Å². The molecular formula is C20H17ClO4. The van der Waals surface area contributed by atoms with E-state index < -0.39 is 11.6 Å². The summed E-state index contributed by atoms with van der Waals surface area (Å²) in [6.45, 7) is 3.73. The molecule has 1 heterocycles. The Morgan fingerprint density at radius 2 is 1.92 bits per heavy atom. The maximum Gasteiger partial charge on any atom is 0.380 e. The number of esters is 1. The van der Waals surface area contributed by atoms with Crippen LogP contribution in [-0.2, 0) is 4.79 Å². The van der Waals surface area contributed by atoms with Gasteiger partial charge in [-0.2, -0.15) is 0 Å². The van der Waals surface area contributed by atoms with E-state index in [0.717, 1.165) is 11.1 Å². The van der Waals surface area contributed by atoms with Crippen molar-refractivity contribution in [2.24, 2.45) is 0 Å². The van der Waals surface area contributed by atoms with E-state index in [4.69, 9.17) is 20.8 Å². The number of fused-ring (bicyclic) bond motifs is 1. The molecule has 3 rings (SSSR count). The molecule has 2 aromatic carbocycles. The Morgan fingerprint density at radius 3 is 2.60 bits per heavy atom. The van der Waals surface area contributed by atoms with Gasteiger partial charge in [-0.25, -0.2) is 4.79 Å². The van der Waals surface area contributed by atoms with Gasteiger partial charge in [0.1, 0.15) is 5.58 Å². The smallest absolute Gasteiger partial charge is 0.380 e. The van der Waals surface area contributed by atoms with Crippen molar-refractivity contribution in [3.63, 3.8) is 0 Å². The number of ether oxygens (including phenoxy) is 1. The zero-order valence-corrected chi connectivity index (χ0v) is 14.7. The van der Waals surface area contributed by atoms with Gasteiger partial charge in [-0.15, -0.1) is 0 Å². The van der Waals surface area contributed by atoms with Crippen molar-refractivity contribution in [2.75, 3.05) is 0 Å². The van der Waals surface area contributed by atoms with Crippen molar-refractivity contribution < 1.29 is 13.9 Å². The van der Waals surface area contributed by atoms with E-state index in [1.165, 1.54) is 0 Å². The third kappa shape index (κ3) is 3.44. The normalized spacial score (nSPS) is 10.8. The standard InChI is InChI=1S/C20H17ClO4/c1-3-7-17(22)25-19-18(13-8-5-4-6-9-13)14-10-12(2)15(21)11-16(14)24-20(19)23/h4-6,8-11H,3,7H2,1-2H3. The summed E-state index contributed by atoms with van der Waals surface area (Å²) in [5.74, 6) is -0.545. The van der Waals surface area contributed by atoms with Crippen molar-refractivity contribution >= 4 is 28.5 Å². The van der Waals surface area contributed by atoms with Crippen molar-refractivity contribution in [1.82, 2.24) is 0 Å². The molecule has 0 radical (unpaired) electrons. The Kier molecular flexibility index (Phi) is 4.91. The molecule has 0 unspecified atom stereocenters. The number of rotatable bonds is 4. The average molecular weight is 357 g/mol. The lowest BCUT2D eigenvalue weighted by atomic mass is 10.00. The largest absolute Gasteiger partial charge is 0.420 e. The Bertz CT molecular complexity index is 990. The lowest BCUT2D eigenvalue weighted by molar-refractivity contribution is -0.134. The first-order valence-electron chi connectivity index (χ1n) is 8.04. The Morgan fingerprint density at radius 1 is 1.20 bits per heavy atom. The van der Waals surface area contributed by atoms with E-state index in [2.05, 4.69) is 0 Å². The number of aryl methyl sites for hydroxylation is 1.